The van der Waals surface area contributed by atoms with Gasteiger partial charge >= 0.3 is 11.9 Å². The number of ether oxygens (including phenoxy) is 1. The molecule has 11 nitrogen and oxygen atoms in total. The molecule has 5 N–H and O–H groups in total. The summed E-state index contributed by atoms with van der Waals surface area (Å²) < 4.78 is 6.16. The highest BCUT2D eigenvalue weighted by atomic mass is 32.1. The van der Waals surface area contributed by atoms with Crippen LogP contribution in [0.15, 0.2) is 84.4 Å². The number of aromatic nitrogens is 2. The Morgan fingerprint density at radius 1 is 0.941 bits per heavy atom. The van der Waals surface area contributed by atoms with Crippen LogP contribution in [-0.2, 0) is 17.6 Å². The average molecular weight is 701 g/mol. The Morgan fingerprint density at radius 2 is 1.80 bits per heavy atom. The number of amides is 2. The van der Waals surface area contributed by atoms with E-state index in [1.165, 1.54) is 23.5 Å². The number of anilines is 1. The summed E-state index contributed by atoms with van der Waals surface area (Å²) in [5, 5.41) is 28.3. The zero-order valence-corrected chi connectivity index (χ0v) is 28.2. The molecule has 0 fully saturated rings. The molecular formula is C39H32N4O7S. The Labute approximate surface area is 296 Å². The third-order valence-electron chi connectivity index (χ3n) is 8.69. The lowest BCUT2D eigenvalue weighted by atomic mass is 9.93. The van der Waals surface area contributed by atoms with Crippen LogP contribution in [0.2, 0.25) is 0 Å². The van der Waals surface area contributed by atoms with Crippen molar-refractivity contribution in [3.05, 3.63) is 112 Å². The van der Waals surface area contributed by atoms with Crippen molar-refractivity contribution in [3.63, 3.8) is 0 Å². The van der Waals surface area contributed by atoms with E-state index in [0.29, 0.717) is 59.7 Å². The Morgan fingerprint density at radius 3 is 2.61 bits per heavy atom. The number of pyridine rings is 1. The van der Waals surface area contributed by atoms with E-state index < -0.39 is 23.8 Å². The van der Waals surface area contributed by atoms with Gasteiger partial charge in [-0.3, -0.25) is 14.4 Å². The van der Waals surface area contributed by atoms with Crippen LogP contribution in [0.5, 0.6) is 5.75 Å². The molecule has 1 aliphatic heterocycles. The van der Waals surface area contributed by atoms with Crippen molar-refractivity contribution in [2.75, 3.05) is 18.5 Å². The highest BCUT2D eigenvalue weighted by molar-refractivity contribution is 7.13. The predicted octanol–water partition coefficient (Wildman–Crippen LogP) is 7.28. The molecule has 6 aromatic rings. The maximum absolute atomic E-state index is 14.6. The molecule has 0 radical (unpaired) electrons. The predicted molar refractivity (Wildman–Crippen MR) is 195 cm³/mol. The van der Waals surface area contributed by atoms with Crippen LogP contribution in [0.4, 0.5) is 5.69 Å². The molecule has 256 valence electrons. The van der Waals surface area contributed by atoms with E-state index in [-0.39, 0.29) is 34.5 Å². The second kappa shape index (κ2) is 13.9. The smallest absolute Gasteiger partial charge is 0.355 e. The van der Waals surface area contributed by atoms with E-state index in [4.69, 9.17) is 4.74 Å². The molecule has 0 atom stereocenters. The van der Waals surface area contributed by atoms with Crippen molar-refractivity contribution in [3.8, 4) is 38.4 Å². The summed E-state index contributed by atoms with van der Waals surface area (Å²) in [5.74, 6) is -2.85. The number of aromatic amines is 1. The van der Waals surface area contributed by atoms with Crippen LogP contribution >= 0.6 is 11.3 Å². The molecule has 0 aliphatic carbocycles. The van der Waals surface area contributed by atoms with Crippen LogP contribution in [0.3, 0.4) is 0 Å². The minimum Gasteiger partial charge on any atom is -0.493 e. The summed E-state index contributed by atoms with van der Waals surface area (Å²) >= 11 is 1.53. The number of rotatable bonds is 10. The average Bonchev–Trinajstić information content (AvgIpc) is 3.76. The number of thiophene rings is 1. The van der Waals surface area contributed by atoms with Gasteiger partial charge in [0.15, 0.2) is 5.69 Å². The monoisotopic (exact) mass is 700 g/mol. The first-order valence-corrected chi connectivity index (χ1v) is 17.2. The zero-order valence-electron chi connectivity index (χ0n) is 27.4. The normalized spacial score (nSPS) is 11.9. The number of carbonyl (C=O) groups is 4. The lowest BCUT2D eigenvalue weighted by Gasteiger charge is -2.18. The summed E-state index contributed by atoms with van der Waals surface area (Å²) in [6, 6.07) is 21.0. The molecule has 7 rings (SSSR count). The minimum atomic E-state index is -1.36. The van der Waals surface area contributed by atoms with E-state index in [1.54, 1.807) is 42.6 Å². The van der Waals surface area contributed by atoms with Crippen LogP contribution in [0.25, 0.3) is 43.6 Å². The van der Waals surface area contributed by atoms with Gasteiger partial charge in [-0.25, -0.2) is 9.78 Å². The second-order valence-electron chi connectivity index (χ2n) is 12.1. The lowest BCUT2D eigenvalue weighted by Crippen LogP contribution is -2.25. The van der Waals surface area contributed by atoms with Crippen LogP contribution in [0, 0.1) is 0 Å². The number of benzene rings is 3. The Hall–Kier alpha value is -6.27. The molecule has 2 amide bonds. The van der Waals surface area contributed by atoms with Gasteiger partial charge in [-0.2, -0.15) is 0 Å². The number of hydrogen-bond donors (Lipinski definition) is 5. The molecule has 0 saturated heterocycles. The maximum Gasteiger partial charge on any atom is 0.355 e. The minimum absolute atomic E-state index is 0.0561. The Bertz CT molecular complexity index is 2360. The quantitative estimate of drug-likeness (QED) is 0.0993. The molecule has 0 spiro atoms. The van der Waals surface area contributed by atoms with Gasteiger partial charge < -0.3 is 30.6 Å². The van der Waals surface area contributed by atoms with Crippen LogP contribution in [0.1, 0.15) is 55.8 Å². The fraction of sp³-hybridized carbons (Fsp3) is 0.154. The summed E-state index contributed by atoms with van der Waals surface area (Å²) in [6.07, 6.45) is 2.98. The van der Waals surface area contributed by atoms with Gasteiger partial charge in [-0.15, -0.1) is 11.3 Å². The number of carbonyl (C=O) groups excluding carboxylic acids is 2. The van der Waals surface area contributed by atoms with Gasteiger partial charge in [0, 0.05) is 68.4 Å². The Balaban J connectivity index is 1.39. The summed E-state index contributed by atoms with van der Waals surface area (Å²) in [6.45, 7) is 2.70. The molecule has 0 unspecified atom stereocenters. The fourth-order valence-electron chi connectivity index (χ4n) is 6.37. The van der Waals surface area contributed by atoms with Crippen molar-refractivity contribution >= 4 is 51.7 Å². The first-order valence-electron chi connectivity index (χ1n) is 16.3. The number of hydrogen-bond acceptors (Lipinski definition) is 7. The lowest BCUT2D eigenvalue weighted by molar-refractivity contribution is -0.136. The molecule has 4 heterocycles. The van der Waals surface area contributed by atoms with Gasteiger partial charge in [0.25, 0.3) is 11.8 Å². The topological polar surface area (TPSA) is 171 Å². The number of fused-ring (bicyclic) bond motifs is 4. The van der Waals surface area contributed by atoms with Gasteiger partial charge in [-0.1, -0.05) is 31.2 Å². The molecular weight excluding hydrogens is 669 g/mol. The first kappa shape index (κ1) is 33.2. The maximum atomic E-state index is 14.6. The zero-order chi connectivity index (χ0) is 35.6. The largest absolute Gasteiger partial charge is 0.493 e. The van der Waals surface area contributed by atoms with Gasteiger partial charge in [0.05, 0.1) is 13.0 Å². The number of H-pyrrole nitrogens is 1. The van der Waals surface area contributed by atoms with Crippen molar-refractivity contribution in [1.82, 2.24) is 15.3 Å². The van der Waals surface area contributed by atoms with E-state index in [0.717, 1.165) is 21.3 Å². The summed E-state index contributed by atoms with van der Waals surface area (Å²) in [5.41, 5.74) is 5.21. The van der Waals surface area contributed by atoms with Gasteiger partial charge in [0.1, 0.15) is 11.4 Å². The SMILES string of the molecule is CCCNC(=O)c1ccc(-c2cc3c(cc2C(=O)Nc2ccc4[nH]ccc4c2-c2cccc(CC(=O)O)c2)-c2sccc2CCO3)c(C(=O)O)n1. The van der Waals surface area contributed by atoms with Gasteiger partial charge in [0.2, 0.25) is 0 Å². The number of nitrogens with one attached hydrogen (secondary N) is 3. The highest BCUT2D eigenvalue weighted by Gasteiger charge is 2.27. The van der Waals surface area contributed by atoms with Crippen LogP contribution < -0.4 is 15.4 Å². The number of carboxylic acid groups (broad SMARTS) is 2. The van der Waals surface area contributed by atoms with E-state index in [2.05, 4.69) is 20.6 Å². The number of nitrogens with zero attached hydrogens (tertiary/aromatic N) is 1. The molecule has 1 aliphatic rings. The van der Waals surface area contributed by atoms with E-state index in [1.807, 2.05) is 36.6 Å². The van der Waals surface area contributed by atoms with Crippen LogP contribution in [-0.4, -0.2) is 57.1 Å². The summed E-state index contributed by atoms with van der Waals surface area (Å²) in [4.78, 5) is 59.9. The summed E-state index contributed by atoms with van der Waals surface area (Å²) in [7, 11) is 0. The molecule has 0 saturated carbocycles. The molecule has 51 heavy (non-hydrogen) atoms. The molecule has 0 bridgehead atoms. The van der Waals surface area contributed by atoms with Crippen molar-refractivity contribution < 1.29 is 34.1 Å². The van der Waals surface area contributed by atoms with Crippen molar-refractivity contribution in [2.24, 2.45) is 0 Å². The second-order valence-corrected chi connectivity index (χ2v) is 13.0. The third-order valence-corrected chi connectivity index (χ3v) is 9.68. The molecule has 3 aromatic heterocycles. The van der Waals surface area contributed by atoms with E-state index >= 15 is 0 Å². The number of aliphatic carboxylic acids is 1. The third kappa shape index (κ3) is 6.56. The number of aromatic carboxylic acids is 1. The molecule has 12 heteroatoms. The van der Waals surface area contributed by atoms with Crippen molar-refractivity contribution in [2.45, 2.75) is 26.2 Å². The van der Waals surface area contributed by atoms with Crippen molar-refractivity contribution in [1.29, 1.82) is 0 Å². The highest BCUT2D eigenvalue weighted by Crippen LogP contribution is 2.44. The van der Waals surface area contributed by atoms with Gasteiger partial charge in [-0.05, 0) is 77.0 Å². The first-order chi connectivity index (χ1) is 24.7. The van der Waals surface area contributed by atoms with E-state index in [9.17, 15) is 29.4 Å². The standard InChI is InChI=1S/C39H32N4O7S/c1-2-13-41-38(47)31-7-6-24(35(42-31)39(48)49)26-20-32-28(36-22(11-15-50-32)12-16-51-36)19-27(26)37(46)43-30-9-8-29-25(10-14-40-29)34(30)23-5-3-4-21(17-23)18-33(44)45/h3-10,12,14,16-17,19-20,40H,2,11,13,15,18H2,1H3,(H,41,47)(H,43,46)(H,44,45)(H,48,49). The molecule has 3 aromatic carbocycles. The fourth-order valence-corrected chi connectivity index (χ4v) is 7.35. The Kier molecular flexibility index (Phi) is 9.07. The number of carboxylic acids is 2.